The summed E-state index contributed by atoms with van der Waals surface area (Å²) < 4.78 is 0. The monoisotopic (exact) mass is 384 g/mol. The van der Waals surface area contributed by atoms with Crippen molar-refractivity contribution in [3.63, 3.8) is 0 Å². The summed E-state index contributed by atoms with van der Waals surface area (Å²) in [7, 11) is 0. The minimum absolute atomic E-state index is 0.0483. The number of amides is 2. The molecule has 0 radical (unpaired) electrons. The molecule has 27 heavy (non-hydrogen) atoms. The van der Waals surface area contributed by atoms with Gasteiger partial charge in [0.15, 0.2) is 0 Å². The molecule has 1 atom stereocenters. The van der Waals surface area contributed by atoms with Crippen LogP contribution in [0.1, 0.15) is 45.7 Å². The summed E-state index contributed by atoms with van der Waals surface area (Å²) in [6.07, 6.45) is 0. The summed E-state index contributed by atoms with van der Waals surface area (Å²) in [6, 6.07) is 13.6. The van der Waals surface area contributed by atoms with Crippen LogP contribution in [0.15, 0.2) is 47.4 Å². The maximum absolute atomic E-state index is 12.6. The van der Waals surface area contributed by atoms with Crippen molar-refractivity contribution in [2.24, 2.45) is 0 Å². The quantitative estimate of drug-likeness (QED) is 0.681. The lowest BCUT2D eigenvalue weighted by Crippen LogP contribution is -2.22. The second-order valence-electron chi connectivity index (χ2n) is 7.74. The minimum atomic E-state index is -0.228. The van der Waals surface area contributed by atoms with Crippen molar-refractivity contribution in [1.29, 1.82) is 0 Å². The van der Waals surface area contributed by atoms with Crippen LogP contribution in [-0.4, -0.2) is 17.1 Å². The zero-order chi connectivity index (χ0) is 20.2. The van der Waals surface area contributed by atoms with Gasteiger partial charge in [-0.3, -0.25) is 9.59 Å². The van der Waals surface area contributed by atoms with E-state index in [1.807, 2.05) is 6.92 Å². The molecule has 0 aliphatic carbocycles. The molecule has 5 heteroatoms. The molecular formula is C22H28N2O2S. The van der Waals surface area contributed by atoms with Gasteiger partial charge in [-0.15, -0.1) is 11.8 Å². The van der Waals surface area contributed by atoms with Gasteiger partial charge in [-0.25, -0.2) is 0 Å². The van der Waals surface area contributed by atoms with Crippen LogP contribution in [0.4, 0.5) is 11.4 Å². The molecule has 0 saturated heterocycles. The summed E-state index contributed by atoms with van der Waals surface area (Å²) in [5.41, 5.74) is 3.92. The van der Waals surface area contributed by atoms with E-state index in [4.69, 9.17) is 0 Å². The molecule has 0 aliphatic rings. The van der Waals surface area contributed by atoms with Gasteiger partial charge in [0.05, 0.1) is 5.25 Å². The van der Waals surface area contributed by atoms with Gasteiger partial charge in [0.2, 0.25) is 11.8 Å². The first kappa shape index (κ1) is 21.0. The number of thioether (sulfide) groups is 1. The van der Waals surface area contributed by atoms with Crippen molar-refractivity contribution in [2.75, 3.05) is 10.6 Å². The van der Waals surface area contributed by atoms with Crippen molar-refractivity contribution in [3.05, 3.63) is 53.6 Å². The third-order valence-electron chi connectivity index (χ3n) is 4.20. The van der Waals surface area contributed by atoms with Crippen molar-refractivity contribution >= 4 is 35.0 Å². The predicted octanol–water partition coefficient (Wildman–Crippen LogP) is 5.37. The zero-order valence-electron chi connectivity index (χ0n) is 16.8. The Labute approximate surface area is 166 Å². The summed E-state index contributed by atoms with van der Waals surface area (Å²) in [6.45, 7) is 12.0. The Morgan fingerprint density at radius 1 is 0.963 bits per heavy atom. The van der Waals surface area contributed by atoms with E-state index >= 15 is 0 Å². The van der Waals surface area contributed by atoms with Gasteiger partial charge in [0, 0.05) is 23.2 Å². The van der Waals surface area contributed by atoms with Gasteiger partial charge in [-0.05, 0) is 60.7 Å². The SMILES string of the molecule is CC(=O)Nc1ccc(NC(=O)[C@H](C)Sc2cc(C(C)(C)C)ccc2C)cc1. The minimum Gasteiger partial charge on any atom is -0.326 e. The van der Waals surface area contributed by atoms with Crippen LogP contribution in [0.5, 0.6) is 0 Å². The Hall–Kier alpha value is -2.27. The highest BCUT2D eigenvalue weighted by atomic mass is 32.2. The highest BCUT2D eigenvalue weighted by molar-refractivity contribution is 8.00. The van der Waals surface area contributed by atoms with Gasteiger partial charge in [-0.1, -0.05) is 32.9 Å². The molecular weight excluding hydrogens is 356 g/mol. The van der Waals surface area contributed by atoms with E-state index in [0.29, 0.717) is 11.4 Å². The maximum atomic E-state index is 12.6. The topological polar surface area (TPSA) is 58.2 Å². The summed E-state index contributed by atoms with van der Waals surface area (Å²) >= 11 is 1.57. The van der Waals surface area contributed by atoms with Crippen molar-refractivity contribution in [1.82, 2.24) is 0 Å². The lowest BCUT2D eigenvalue weighted by atomic mass is 9.87. The number of aryl methyl sites for hydroxylation is 1. The number of carbonyl (C=O) groups excluding carboxylic acids is 2. The van der Waals surface area contributed by atoms with E-state index in [9.17, 15) is 9.59 Å². The number of benzene rings is 2. The number of nitrogens with one attached hydrogen (secondary N) is 2. The molecule has 2 aromatic rings. The first-order valence-corrected chi connectivity index (χ1v) is 9.90. The van der Waals surface area contributed by atoms with Gasteiger partial charge in [0.1, 0.15) is 0 Å². The van der Waals surface area contributed by atoms with Crippen molar-refractivity contribution in [3.8, 4) is 0 Å². The first-order chi connectivity index (χ1) is 12.6. The molecule has 2 aromatic carbocycles. The molecule has 0 heterocycles. The summed E-state index contributed by atoms with van der Waals surface area (Å²) in [5, 5.41) is 5.42. The Morgan fingerprint density at radius 2 is 1.52 bits per heavy atom. The Bertz CT molecular complexity index is 823. The zero-order valence-corrected chi connectivity index (χ0v) is 17.7. The largest absolute Gasteiger partial charge is 0.326 e. The van der Waals surface area contributed by atoms with E-state index in [1.165, 1.54) is 18.1 Å². The summed E-state index contributed by atoms with van der Waals surface area (Å²) in [5.74, 6) is -0.169. The molecule has 2 rings (SSSR count). The molecule has 0 unspecified atom stereocenters. The lowest BCUT2D eigenvalue weighted by Gasteiger charge is -2.21. The van der Waals surface area contributed by atoms with Crippen LogP contribution >= 0.6 is 11.8 Å². The van der Waals surface area contributed by atoms with E-state index in [2.05, 4.69) is 56.5 Å². The third-order valence-corrected chi connectivity index (χ3v) is 5.46. The van der Waals surface area contributed by atoms with Crippen LogP contribution in [-0.2, 0) is 15.0 Å². The van der Waals surface area contributed by atoms with Gasteiger partial charge < -0.3 is 10.6 Å². The molecule has 0 saturated carbocycles. The number of anilines is 2. The fourth-order valence-electron chi connectivity index (χ4n) is 2.52. The molecule has 2 amide bonds. The predicted molar refractivity (Wildman–Crippen MR) is 115 cm³/mol. The fraction of sp³-hybridized carbons (Fsp3) is 0.364. The van der Waals surface area contributed by atoms with Crippen LogP contribution in [0.2, 0.25) is 0 Å². The van der Waals surface area contributed by atoms with E-state index in [0.717, 1.165) is 4.90 Å². The van der Waals surface area contributed by atoms with Gasteiger partial charge in [0.25, 0.3) is 0 Å². The maximum Gasteiger partial charge on any atom is 0.237 e. The normalized spacial score (nSPS) is 12.4. The van der Waals surface area contributed by atoms with Crippen LogP contribution in [0, 0.1) is 6.92 Å². The number of rotatable bonds is 5. The summed E-state index contributed by atoms with van der Waals surface area (Å²) in [4.78, 5) is 24.8. The second kappa shape index (κ2) is 8.61. The molecule has 2 N–H and O–H groups in total. The molecule has 0 spiro atoms. The van der Waals surface area contributed by atoms with E-state index < -0.39 is 0 Å². The number of hydrogen-bond donors (Lipinski definition) is 2. The smallest absolute Gasteiger partial charge is 0.237 e. The third kappa shape index (κ3) is 6.14. The Balaban J connectivity index is 2.04. The molecule has 0 fully saturated rings. The average Bonchev–Trinajstić information content (AvgIpc) is 2.57. The highest BCUT2D eigenvalue weighted by Gasteiger charge is 2.19. The number of hydrogen-bond acceptors (Lipinski definition) is 3. The van der Waals surface area contributed by atoms with Crippen molar-refractivity contribution in [2.45, 2.75) is 57.1 Å². The van der Waals surface area contributed by atoms with E-state index in [1.54, 1.807) is 36.0 Å². The van der Waals surface area contributed by atoms with Crippen LogP contribution < -0.4 is 10.6 Å². The Morgan fingerprint density at radius 3 is 2.04 bits per heavy atom. The highest BCUT2D eigenvalue weighted by Crippen LogP contribution is 2.32. The molecule has 0 bridgehead atoms. The first-order valence-electron chi connectivity index (χ1n) is 9.02. The number of carbonyl (C=O) groups is 2. The van der Waals surface area contributed by atoms with Gasteiger partial charge >= 0.3 is 0 Å². The van der Waals surface area contributed by atoms with Crippen molar-refractivity contribution < 1.29 is 9.59 Å². The Kier molecular flexibility index (Phi) is 6.71. The van der Waals surface area contributed by atoms with E-state index in [-0.39, 0.29) is 22.5 Å². The van der Waals surface area contributed by atoms with Crippen LogP contribution in [0.3, 0.4) is 0 Å². The molecule has 0 aliphatic heterocycles. The van der Waals surface area contributed by atoms with Crippen LogP contribution in [0.25, 0.3) is 0 Å². The lowest BCUT2D eigenvalue weighted by molar-refractivity contribution is -0.115. The van der Waals surface area contributed by atoms with Gasteiger partial charge in [-0.2, -0.15) is 0 Å². The second-order valence-corrected chi connectivity index (χ2v) is 9.12. The molecule has 144 valence electrons. The molecule has 4 nitrogen and oxygen atoms in total. The average molecular weight is 385 g/mol. The molecule has 0 aromatic heterocycles. The fourth-order valence-corrected chi connectivity index (χ4v) is 3.52. The standard InChI is InChI=1S/C22H28N2O2S/c1-14-7-8-17(22(4,5)6)13-20(14)27-15(2)21(26)24-19-11-9-18(10-12-19)23-16(3)25/h7-13,15H,1-6H3,(H,23,25)(H,24,26)/t15-/m0/s1.